The molecule has 0 unspecified atom stereocenters. The first-order valence-electron chi connectivity index (χ1n) is 13.4. The summed E-state index contributed by atoms with van der Waals surface area (Å²) in [6.07, 6.45) is 1.52. The second-order valence-electron chi connectivity index (χ2n) is 12.6. The number of carboxylic acid groups (broad SMARTS) is 1. The van der Waals surface area contributed by atoms with Gasteiger partial charge in [0.1, 0.15) is 17.2 Å². The molecule has 0 fully saturated rings. The molecule has 10 heteroatoms. The molecule has 0 saturated heterocycles. The summed E-state index contributed by atoms with van der Waals surface area (Å²) in [5, 5.41) is 10.2. The van der Waals surface area contributed by atoms with Crippen LogP contribution in [0.25, 0.3) is 0 Å². The van der Waals surface area contributed by atoms with E-state index in [-0.39, 0.29) is 52.4 Å². The van der Waals surface area contributed by atoms with E-state index in [4.69, 9.17) is 15.8 Å². The summed E-state index contributed by atoms with van der Waals surface area (Å²) in [6, 6.07) is 12.0. The number of allylic oxidation sites excluding steroid dienone is 4. The number of hydrogen-bond donors (Lipinski definition) is 1. The number of benzene rings is 2. The lowest BCUT2D eigenvalue weighted by atomic mass is 9.63. The largest absolute Gasteiger partial charge is 0.480 e. The molecule has 3 aliphatic rings. The first-order valence-corrected chi connectivity index (χ1v) is 15.2. The summed E-state index contributed by atoms with van der Waals surface area (Å²) in [5.41, 5.74) is 2.06. The van der Waals surface area contributed by atoms with E-state index in [9.17, 15) is 27.9 Å². The van der Waals surface area contributed by atoms with Crippen molar-refractivity contribution in [2.45, 2.75) is 64.2 Å². The van der Waals surface area contributed by atoms with E-state index in [1.54, 1.807) is 17.0 Å². The number of carbonyl (C=O) groups excluding carboxylic acids is 2. The summed E-state index contributed by atoms with van der Waals surface area (Å²) in [5.74, 6) is -1.89. The standard InChI is InChI=1S/C31H32ClNO7S/c1-30(2)13-22-28(24(34)15-30)27(29-23(33(22)17-26(36)37)14-31(3,4)16-25(29)35)18-5-9-20(10-6-18)40-41(38,39)21-11-7-19(32)8-12-21/h5-12,27H,13-17H2,1-4H3,(H,36,37). The molecule has 0 atom stereocenters. The fraction of sp³-hybridized carbons (Fsp3) is 0.387. The smallest absolute Gasteiger partial charge is 0.339 e. The Labute approximate surface area is 244 Å². The van der Waals surface area contributed by atoms with E-state index in [1.165, 1.54) is 36.4 Å². The van der Waals surface area contributed by atoms with Gasteiger partial charge in [0.05, 0.1) is 0 Å². The van der Waals surface area contributed by atoms with E-state index >= 15 is 0 Å². The van der Waals surface area contributed by atoms with Crippen LogP contribution in [-0.4, -0.2) is 42.5 Å². The lowest BCUT2D eigenvalue weighted by molar-refractivity contribution is -0.138. The third kappa shape index (κ3) is 5.70. The minimum absolute atomic E-state index is 0.0489. The molecule has 216 valence electrons. The average molecular weight is 598 g/mol. The van der Waals surface area contributed by atoms with Gasteiger partial charge in [0, 0.05) is 46.3 Å². The number of halogens is 1. The summed E-state index contributed by atoms with van der Waals surface area (Å²) >= 11 is 5.87. The third-order valence-corrected chi connectivity index (χ3v) is 9.35. The van der Waals surface area contributed by atoms with Gasteiger partial charge in [0.2, 0.25) is 0 Å². The molecule has 2 aromatic carbocycles. The van der Waals surface area contributed by atoms with Crippen molar-refractivity contribution in [3.63, 3.8) is 0 Å². The van der Waals surface area contributed by atoms with Crippen LogP contribution in [0, 0.1) is 10.8 Å². The predicted octanol–water partition coefficient (Wildman–Crippen LogP) is 5.88. The van der Waals surface area contributed by atoms with Gasteiger partial charge in [0.15, 0.2) is 11.6 Å². The molecule has 1 heterocycles. The number of carbonyl (C=O) groups is 3. The van der Waals surface area contributed by atoms with Crippen molar-refractivity contribution in [2.75, 3.05) is 6.54 Å². The van der Waals surface area contributed by atoms with Gasteiger partial charge < -0.3 is 14.2 Å². The molecule has 0 saturated carbocycles. The molecule has 8 nitrogen and oxygen atoms in total. The summed E-state index contributed by atoms with van der Waals surface area (Å²) < 4.78 is 30.9. The normalized spacial score (nSPS) is 20.6. The molecule has 1 N–H and O–H groups in total. The summed E-state index contributed by atoms with van der Waals surface area (Å²) in [6.45, 7) is 7.59. The maximum absolute atomic E-state index is 13.7. The number of carboxylic acids is 1. The van der Waals surface area contributed by atoms with Crippen LogP contribution < -0.4 is 4.18 Å². The van der Waals surface area contributed by atoms with Crippen molar-refractivity contribution in [3.8, 4) is 5.75 Å². The maximum atomic E-state index is 13.7. The number of Topliss-reactive ketones (excluding diaryl/α,β-unsaturated/α-hetero) is 2. The van der Waals surface area contributed by atoms with Crippen LogP contribution >= 0.6 is 11.6 Å². The van der Waals surface area contributed by atoms with Crippen molar-refractivity contribution in [2.24, 2.45) is 10.8 Å². The van der Waals surface area contributed by atoms with Crippen molar-refractivity contribution in [1.29, 1.82) is 0 Å². The van der Waals surface area contributed by atoms with Gasteiger partial charge in [-0.1, -0.05) is 51.4 Å². The van der Waals surface area contributed by atoms with E-state index < -0.39 is 22.0 Å². The molecule has 2 aromatic rings. The Kier molecular flexibility index (Phi) is 7.19. The Hall–Kier alpha value is -3.43. The predicted molar refractivity (Wildman–Crippen MR) is 153 cm³/mol. The van der Waals surface area contributed by atoms with Gasteiger partial charge in [-0.2, -0.15) is 8.42 Å². The van der Waals surface area contributed by atoms with Gasteiger partial charge in [-0.05, 0) is 65.6 Å². The fourth-order valence-corrected chi connectivity index (χ4v) is 7.26. The molecular weight excluding hydrogens is 566 g/mol. The third-order valence-electron chi connectivity index (χ3n) is 7.84. The molecule has 0 bridgehead atoms. The van der Waals surface area contributed by atoms with E-state index in [0.29, 0.717) is 46.0 Å². The second-order valence-corrected chi connectivity index (χ2v) is 14.6. The highest BCUT2D eigenvalue weighted by Gasteiger charge is 2.49. The molecule has 41 heavy (non-hydrogen) atoms. The zero-order chi connectivity index (χ0) is 29.9. The number of aliphatic carboxylic acids is 1. The number of hydrogen-bond acceptors (Lipinski definition) is 7. The van der Waals surface area contributed by atoms with Crippen LogP contribution in [0.4, 0.5) is 0 Å². The molecule has 0 spiro atoms. The quantitative estimate of drug-likeness (QED) is 0.410. The second kappa shape index (κ2) is 10.1. The fourth-order valence-electron chi connectivity index (χ4n) is 6.20. The lowest BCUT2D eigenvalue weighted by Crippen LogP contribution is -2.45. The van der Waals surface area contributed by atoms with Crippen LogP contribution in [0.1, 0.15) is 64.9 Å². The van der Waals surface area contributed by atoms with Gasteiger partial charge >= 0.3 is 16.1 Å². The highest BCUT2D eigenvalue weighted by atomic mass is 35.5. The van der Waals surface area contributed by atoms with Crippen LogP contribution in [0.3, 0.4) is 0 Å². The van der Waals surface area contributed by atoms with Crippen LogP contribution in [-0.2, 0) is 24.5 Å². The number of nitrogens with zero attached hydrogens (tertiary/aromatic N) is 1. The first-order chi connectivity index (χ1) is 19.1. The van der Waals surface area contributed by atoms with Crippen LogP contribution in [0.2, 0.25) is 5.02 Å². The monoisotopic (exact) mass is 597 g/mol. The Balaban J connectivity index is 1.60. The zero-order valence-corrected chi connectivity index (χ0v) is 24.9. The molecule has 5 rings (SSSR count). The van der Waals surface area contributed by atoms with Crippen LogP contribution in [0.5, 0.6) is 5.75 Å². The molecule has 0 radical (unpaired) electrons. The number of ketones is 2. The average Bonchev–Trinajstić information content (AvgIpc) is 2.84. The molecule has 1 aliphatic heterocycles. The van der Waals surface area contributed by atoms with Crippen molar-refractivity contribution < 1.29 is 32.1 Å². The van der Waals surface area contributed by atoms with Gasteiger partial charge in [-0.25, -0.2) is 0 Å². The van der Waals surface area contributed by atoms with E-state index in [2.05, 4.69) is 0 Å². The van der Waals surface area contributed by atoms with E-state index in [0.717, 1.165) is 0 Å². The Morgan fingerprint density at radius 2 is 1.37 bits per heavy atom. The Bertz CT molecular complexity index is 1560. The van der Waals surface area contributed by atoms with Gasteiger partial charge in [-0.15, -0.1) is 0 Å². The van der Waals surface area contributed by atoms with Crippen molar-refractivity contribution >= 4 is 39.3 Å². The molecule has 0 aromatic heterocycles. The van der Waals surface area contributed by atoms with Crippen LogP contribution in [0.15, 0.2) is 76.0 Å². The topological polar surface area (TPSA) is 118 Å². The summed E-state index contributed by atoms with van der Waals surface area (Å²) in [4.78, 5) is 41.1. The SMILES string of the molecule is CC1(C)CC(=O)C2=C(C1)N(CC(=O)O)C1=C(C(=O)CC(C)(C)C1)C2c1ccc(OS(=O)(=O)c2ccc(Cl)cc2)cc1. The molecular formula is C31H32ClNO7S. The zero-order valence-electron chi connectivity index (χ0n) is 23.4. The van der Waals surface area contributed by atoms with Gasteiger partial charge in [-0.3, -0.25) is 14.4 Å². The van der Waals surface area contributed by atoms with Crippen molar-refractivity contribution in [1.82, 2.24) is 4.90 Å². The molecule has 2 aliphatic carbocycles. The maximum Gasteiger partial charge on any atom is 0.339 e. The Morgan fingerprint density at radius 1 is 0.878 bits per heavy atom. The lowest BCUT2D eigenvalue weighted by Gasteiger charge is -2.48. The minimum atomic E-state index is -4.12. The van der Waals surface area contributed by atoms with Crippen molar-refractivity contribution in [3.05, 3.63) is 81.7 Å². The molecule has 0 amide bonds. The summed E-state index contributed by atoms with van der Waals surface area (Å²) in [7, 11) is -4.12. The van der Waals surface area contributed by atoms with Gasteiger partial charge in [0.25, 0.3) is 0 Å². The highest BCUT2D eigenvalue weighted by Crippen LogP contribution is 2.54. The minimum Gasteiger partial charge on any atom is -0.480 e. The number of rotatable bonds is 6. The first kappa shape index (κ1) is 29.1. The van der Waals surface area contributed by atoms with E-state index in [1.807, 2.05) is 27.7 Å². The Morgan fingerprint density at radius 3 is 1.83 bits per heavy atom. The highest BCUT2D eigenvalue weighted by molar-refractivity contribution is 7.87.